The highest BCUT2D eigenvalue weighted by molar-refractivity contribution is 6.22. The monoisotopic (exact) mass is 296 g/mol. The maximum absolute atomic E-state index is 12.7. The zero-order valence-electron chi connectivity index (χ0n) is 12.2. The van der Waals surface area contributed by atoms with Gasteiger partial charge in [-0.1, -0.05) is 12.2 Å². The molecule has 1 saturated carbocycles. The molecule has 0 spiro atoms. The summed E-state index contributed by atoms with van der Waals surface area (Å²) in [6, 6.07) is 6.82. The van der Waals surface area contributed by atoms with Crippen molar-refractivity contribution in [2.75, 3.05) is 10.2 Å². The number of benzene rings is 1. The number of anilines is 2. The average molecular weight is 296 g/mol. The van der Waals surface area contributed by atoms with Crippen LogP contribution in [0.1, 0.15) is 13.3 Å². The minimum Gasteiger partial charge on any atom is -0.326 e. The summed E-state index contributed by atoms with van der Waals surface area (Å²) >= 11 is 0. The van der Waals surface area contributed by atoms with E-state index in [4.69, 9.17) is 0 Å². The topological polar surface area (TPSA) is 66.5 Å². The zero-order chi connectivity index (χ0) is 15.4. The van der Waals surface area contributed by atoms with Gasteiger partial charge in [0.2, 0.25) is 17.7 Å². The molecule has 2 fully saturated rings. The van der Waals surface area contributed by atoms with Gasteiger partial charge in [-0.3, -0.25) is 19.3 Å². The molecule has 0 unspecified atom stereocenters. The number of hydrogen-bond donors (Lipinski definition) is 1. The van der Waals surface area contributed by atoms with E-state index in [1.807, 2.05) is 0 Å². The SMILES string of the molecule is CC(=O)Nc1ccc(N2C(=O)[C@@H]3[C@H](C2=O)[C@H]2C=C[C@@H]3C2)cc1. The first-order valence-corrected chi connectivity index (χ1v) is 7.50. The summed E-state index contributed by atoms with van der Waals surface area (Å²) in [5, 5.41) is 2.67. The van der Waals surface area contributed by atoms with Crippen LogP contribution >= 0.6 is 0 Å². The van der Waals surface area contributed by atoms with Crippen molar-refractivity contribution in [2.24, 2.45) is 23.7 Å². The summed E-state index contributed by atoms with van der Waals surface area (Å²) < 4.78 is 0. The molecule has 2 bridgehead atoms. The van der Waals surface area contributed by atoms with Gasteiger partial charge in [0.15, 0.2) is 0 Å². The summed E-state index contributed by atoms with van der Waals surface area (Å²) in [5.41, 5.74) is 1.23. The van der Waals surface area contributed by atoms with Gasteiger partial charge in [0.05, 0.1) is 17.5 Å². The van der Waals surface area contributed by atoms with E-state index in [0.717, 1.165) is 6.42 Å². The van der Waals surface area contributed by atoms with Gasteiger partial charge in [-0.05, 0) is 42.5 Å². The number of imide groups is 1. The Morgan fingerprint density at radius 2 is 1.59 bits per heavy atom. The molecule has 2 aliphatic carbocycles. The third-order valence-electron chi connectivity index (χ3n) is 4.92. The summed E-state index contributed by atoms with van der Waals surface area (Å²) in [4.78, 5) is 37.7. The molecular formula is C17H16N2O3. The predicted octanol–water partition coefficient (Wildman–Crippen LogP) is 1.96. The molecule has 4 atom stereocenters. The number of fused-ring (bicyclic) bond motifs is 5. The Hall–Kier alpha value is -2.43. The number of hydrogen-bond acceptors (Lipinski definition) is 3. The van der Waals surface area contributed by atoms with Crippen molar-refractivity contribution >= 4 is 29.1 Å². The molecule has 1 aliphatic heterocycles. The number of nitrogens with zero attached hydrogens (tertiary/aromatic N) is 1. The number of allylic oxidation sites excluding steroid dienone is 2. The van der Waals surface area contributed by atoms with Gasteiger partial charge >= 0.3 is 0 Å². The quantitative estimate of drug-likeness (QED) is 0.670. The van der Waals surface area contributed by atoms with E-state index in [0.29, 0.717) is 11.4 Å². The van der Waals surface area contributed by atoms with E-state index in [2.05, 4.69) is 17.5 Å². The fourth-order valence-electron chi connectivity index (χ4n) is 4.05. The van der Waals surface area contributed by atoms with Crippen molar-refractivity contribution in [3.63, 3.8) is 0 Å². The van der Waals surface area contributed by atoms with E-state index in [9.17, 15) is 14.4 Å². The summed E-state index contributed by atoms with van der Waals surface area (Å²) in [6.07, 6.45) is 5.10. The van der Waals surface area contributed by atoms with E-state index < -0.39 is 0 Å². The number of amides is 3. The van der Waals surface area contributed by atoms with Crippen LogP contribution < -0.4 is 10.2 Å². The first-order chi connectivity index (χ1) is 10.6. The largest absolute Gasteiger partial charge is 0.326 e. The van der Waals surface area contributed by atoms with Crippen LogP contribution in [0.2, 0.25) is 0 Å². The molecule has 5 heteroatoms. The van der Waals surface area contributed by atoms with Gasteiger partial charge in [-0.15, -0.1) is 0 Å². The van der Waals surface area contributed by atoms with Crippen molar-refractivity contribution in [3.8, 4) is 0 Å². The molecule has 0 aromatic heterocycles. The van der Waals surface area contributed by atoms with Crippen LogP contribution in [0, 0.1) is 23.7 Å². The Balaban J connectivity index is 1.62. The first-order valence-electron chi connectivity index (χ1n) is 7.50. The predicted molar refractivity (Wildman–Crippen MR) is 81.0 cm³/mol. The lowest BCUT2D eigenvalue weighted by atomic mass is 9.85. The van der Waals surface area contributed by atoms with Gasteiger partial charge in [0, 0.05) is 12.6 Å². The van der Waals surface area contributed by atoms with Gasteiger partial charge in [0.25, 0.3) is 0 Å². The molecule has 0 radical (unpaired) electrons. The Kier molecular flexibility index (Phi) is 2.73. The van der Waals surface area contributed by atoms with Crippen molar-refractivity contribution in [1.29, 1.82) is 0 Å². The second-order valence-corrected chi connectivity index (χ2v) is 6.24. The van der Waals surface area contributed by atoms with Gasteiger partial charge < -0.3 is 5.32 Å². The van der Waals surface area contributed by atoms with Crippen molar-refractivity contribution in [3.05, 3.63) is 36.4 Å². The highest BCUT2D eigenvalue weighted by Gasteiger charge is 2.59. The molecule has 3 aliphatic rings. The Morgan fingerprint density at radius 3 is 2.09 bits per heavy atom. The molecule has 1 aromatic carbocycles. The van der Waals surface area contributed by atoms with Gasteiger partial charge in [-0.25, -0.2) is 0 Å². The van der Waals surface area contributed by atoms with Crippen LogP contribution in [0.25, 0.3) is 0 Å². The van der Waals surface area contributed by atoms with E-state index >= 15 is 0 Å². The molecule has 1 saturated heterocycles. The van der Waals surface area contributed by atoms with Crippen LogP contribution in [0.3, 0.4) is 0 Å². The molecule has 1 N–H and O–H groups in total. The molecule has 22 heavy (non-hydrogen) atoms. The van der Waals surface area contributed by atoms with Crippen LogP contribution in [0.15, 0.2) is 36.4 Å². The number of rotatable bonds is 2. The molecular weight excluding hydrogens is 280 g/mol. The number of carbonyl (C=O) groups excluding carboxylic acids is 3. The standard InChI is InChI=1S/C17H16N2O3/c1-9(20)18-12-4-6-13(7-5-12)19-16(21)14-10-2-3-11(8-10)15(14)17(19)22/h2-7,10-11,14-15H,8H2,1H3,(H,18,20)/t10-,11+,14+,15-. The van der Waals surface area contributed by atoms with Crippen LogP contribution in [0.5, 0.6) is 0 Å². The zero-order valence-corrected chi connectivity index (χ0v) is 12.2. The Labute approximate surface area is 128 Å². The molecule has 5 nitrogen and oxygen atoms in total. The molecule has 4 rings (SSSR count). The molecule has 1 aromatic rings. The van der Waals surface area contributed by atoms with Crippen molar-refractivity contribution in [2.45, 2.75) is 13.3 Å². The van der Waals surface area contributed by atoms with Crippen LogP contribution in [0.4, 0.5) is 11.4 Å². The molecule has 3 amide bonds. The van der Waals surface area contributed by atoms with Gasteiger partial charge in [0.1, 0.15) is 0 Å². The minimum atomic E-state index is -0.183. The maximum Gasteiger partial charge on any atom is 0.238 e. The van der Waals surface area contributed by atoms with E-state index in [1.54, 1.807) is 24.3 Å². The average Bonchev–Trinajstić information content (AvgIpc) is 3.14. The lowest BCUT2D eigenvalue weighted by molar-refractivity contribution is -0.123. The second-order valence-electron chi connectivity index (χ2n) is 6.24. The number of carbonyl (C=O) groups is 3. The Bertz CT molecular complexity index is 677. The number of nitrogens with one attached hydrogen (secondary N) is 1. The van der Waals surface area contributed by atoms with Gasteiger partial charge in [-0.2, -0.15) is 0 Å². The van der Waals surface area contributed by atoms with E-state index in [1.165, 1.54) is 11.8 Å². The van der Waals surface area contributed by atoms with Crippen LogP contribution in [-0.2, 0) is 14.4 Å². The highest BCUT2D eigenvalue weighted by atomic mass is 16.2. The lowest BCUT2D eigenvalue weighted by Crippen LogP contribution is -2.32. The molecule has 1 heterocycles. The molecule has 112 valence electrons. The second kappa shape index (κ2) is 4.53. The maximum atomic E-state index is 12.7. The van der Waals surface area contributed by atoms with Crippen molar-refractivity contribution in [1.82, 2.24) is 0 Å². The van der Waals surface area contributed by atoms with Crippen LogP contribution in [-0.4, -0.2) is 17.7 Å². The summed E-state index contributed by atoms with van der Waals surface area (Å²) in [7, 11) is 0. The fraction of sp³-hybridized carbons (Fsp3) is 0.353. The lowest BCUT2D eigenvalue weighted by Gasteiger charge is -2.17. The van der Waals surface area contributed by atoms with Crippen molar-refractivity contribution < 1.29 is 14.4 Å². The highest BCUT2D eigenvalue weighted by Crippen LogP contribution is 2.53. The third-order valence-corrected chi connectivity index (χ3v) is 4.92. The first kappa shape index (κ1) is 13.2. The minimum absolute atomic E-state index is 0.0841. The normalized spacial score (nSPS) is 31.8. The Morgan fingerprint density at radius 1 is 1.05 bits per heavy atom. The van der Waals surface area contributed by atoms with E-state index in [-0.39, 0.29) is 41.4 Å². The smallest absolute Gasteiger partial charge is 0.238 e. The summed E-state index contributed by atoms with van der Waals surface area (Å²) in [6.45, 7) is 1.44. The summed E-state index contributed by atoms with van der Waals surface area (Å²) in [5.74, 6) is -0.253. The third kappa shape index (κ3) is 1.75. The fourth-order valence-corrected chi connectivity index (χ4v) is 4.05.